The Kier molecular flexibility index (Phi) is 5.95. The molecule has 0 saturated carbocycles. The minimum atomic E-state index is -4.58. The molecule has 21 heavy (non-hydrogen) atoms. The van der Waals surface area contributed by atoms with Gasteiger partial charge in [-0.05, 0) is 19.4 Å². The number of halogens is 3. The fourth-order valence-corrected chi connectivity index (χ4v) is 1.69. The van der Waals surface area contributed by atoms with Gasteiger partial charge in [-0.3, -0.25) is 9.59 Å². The van der Waals surface area contributed by atoms with Crippen molar-refractivity contribution in [1.82, 2.24) is 9.88 Å². The average molecular weight is 306 g/mol. The molecular formula is C13H17F3N2O3. The van der Waals surface area contributed by atoms with Gasteiger partial charge < -0.3 is 14.6 Å². The van der Waals surface area contributed by atoms with Crippen molar-refractivity contribution in [3.05, 3.63) is 34.2 Å². The second-order valence-electron chi connectivity index (χ2n) is 4.47. The minimum Gasteiger partial charge on any atom is -0.385 e. The average Bonchev–Trinajstić information content (AvgIpc) is 2.41. The van der Waals surface area contributed by atoms with Crippen LogP contribution in [0.4, 0.5) is 13.2 Å². The predicted octanol–water partition coefficient (Wildman–Crippen LogP) is 1.58. The number of carbonyl (C=O) groups excluding carboxylic acids is 1. The van der Waals surface area contributed by atoms with Crippen molar-refractivity contribution in [2.75, 3.05) is 20.3 Å². The van der Waals surface area contributed by atoms with E-state index in [2.05, 4.69) is 5.32 Å². The van der Waals surface area contributed by atoms with E-state index in [1.54, 1.807) is 0 Å². The molecule has 1 aromatic heterocycles. The number of amides is 1. The molecular weight excluding hydrogens is 289 g/mol. The first-order valence-corrected chi connectivity index (χ1v) is 6.33. The fraction of sp³-hybridized carbons (Fsp3) is 0.538. The van der Waals surface area contributed by atoms with E-state index in [4.69, 9.17) is 4.74 Å². The van der Waals surface area contributed by atoms with Crippen LogP contribution < -0.4 is 10.9 Å². The van der Waals surface area contributed by atoms with Gasteiger partial charge in [0.05, 0.1) is 5.56 Å². The van der Waals surface area contributed by atoms with Gasteiger partial charge in [0.2, 0.25) is 5.91 Å². The third-order valence-corrected chi connectivity index (χ3v) is 2.90. The maximum atomic E-state index is 12.5. The Morgan fingerprint density at radius 1 is 1.48 bits per heavy atom. The van der Waals surface area contributed by atoms with Gasteiger partial charge >= 0.3 is 6.18 Å². The van der Waals surface area contributed by atoms with Crippen molar-refractivity contribution in [2.24, 2.45) is 0 Å². The van der Waals surface area contributed by atoms with Crippen LogP contribution in [0.5, 0.6) is 0 Å². The lowest BCUT2D eigenvalue weighted by atomic mass is 10.2. The number of nitrogens with zero attached hydrogens (tertiary/aromatic N) is 1. The highest BCUT2D eigenvalue weighted by Gasteiger charge is 2.31. The zero-order valence-electron chi connectivity index (χ0n) is 11.7. The fourth-order valence-electron chi connectivity index (χ4n) is 1.69. The number of aromatic nitrogens is 1. The number of nitrogens with one attached hydrogen (secondary N) is 1. The molecule has 0 fully saturated rings. The molecule has 0 spiro atoms. The third-order valence-electron chi connectivity index (χ3n) is 2.90. The lowest BCUT2D eigenvalue weighted by Crippen LogP contribution is -2.36. The van der Waals surface area contributed by atoms with E-state index in [0.29, 0.717) is 25.6 Å². The van der Waals surface area contributed by atoms with E-state index in [-0.39, 0.29) is 0 Å². The summed E-state index contributed by atoms with van der Waals surface area (Å²) in [4.78, 5) is 23.5. The van der Waals surface area contributed by atoms with E-state index in [1.165, 1.54) is 14.0 Å². The number of hydrogen-bond donors (Lipinski definition) is 1. The Morgan fingerprint density at radius 3 is 2.67 bits per heavy atom. The van der Waals surface area contributed by atoms with Gasteiger partial charge in [0.1, 0.15) is 6.04 Å². The van der Waals surface area contributed by atoms with E-state index >= 15 is 0 Å². The molecule has 1 atom stereocenters. The minimum absolute atomic E-state index is 0.367. The van der Waals surface area contributed by atoms with Crippen LogP contribution in [0.15, 0.2) is 23.1 Å². The maximum Gasteiger partial charge on any atom is 0.416 e. The van der Waals surface area contributed by atoms with Crippen molar-refractivity contribution in [2.45, 2.75) is 25.6 Å². The molecule has 1 heterocycles. The summed E-state index contributed by atoms with van der Waals surface area (Å²) in [5.41, 5.74) is -1.90. The molecule has 0 unspecified atom stereocenters. The molecule has 8 heteroatoms. The number of hydrogen-bond acceptors (Lipinski definition) is 3. The van der Waals surface area contributed by atoms with Crippen molar-refractivity contribution in [3.63, 3.8) is 0 Å². The summed E-state index contributed by atoms with van der Waals surface area (Å²) in [5, 5.41) is 2.59. The van der Waals surface area contributed by atoms with E-state index in [1.807, 2.05) is 0 Å². The molecule has 0 aliphatic rings. The molecule has 0 bridgehead atoms. The number of pyridine rings is 1. The molecule has 0 saturated heterocycles. The molecule has 0 aliphatic carbocycles. The first-order valence-electron chi connectivity index (χ1n) is 6.33. The largest absolute Gasteiger partial charge is 0.416 e. The maximum absolute atomic E-state index is 12.5. The standard InChI is InChI=1S/C13H17F3N2O3/c1-9(12(20)17-5-3-7-21-2)18-6-4-10(8-11(18)19)13(14,15)16/h4,6,8-9H,3,5,7H2,1-2H3,(H,17,20)/t9-/m0/s1. The highest BCUT2D eigenvalue weighted by Crippen LogP contribution is 2.27. The SMILES string of the molecule is COCCCNC(=O)[C@H](C)n1ccc(C(F)(F)F)cc1=O. The lowest BCUT2D eigenvalue weighted by Gasteiger charge is -2.16. The molecule has 118 valence electrons. The first kappa shape index (κ1) is 17.2. The zero-order chi connectivity index (χ0) is 16.0. The van der Waals surface area contributed by atoms with Crippen LogP contribution in [0.2, 0.25) is 0 Å². The van der Waals surface area contributed by atoms with Gasteiger partial charge in [-0.25, -0.2) is 0 Å². The van der Waals surface area contributed by atoms with Crippen LogP contribution in [0.25, 0.3) is 0 Å². The second kappa shape index (κ2) is 7.26. The summed E-state index contributed by atoms with van der Waals surface area (Å²) in [5.74, 6) is -0.437. The molecule has 1 rings (SSSR count). The Balaban J connectivity index is 2.76. The summed E-state index contributed by atoms with van der Waals surface area (Å²) >= 11 is 0. The van der Waals surface area contributed by atoms with Gasteiger partial charge in [-0.1, -0.05) is 0 Å². The van der Waals surface area contributed by atoms with Gasteiger partial charge in [-0.15, -0.1) is 0 Å². The number of rotatable bonds is 6. The van der Waals surface area contributed by atoms with Gasteiger partial charge in [-0.2, -0.15) is 13.2 Å². The van der Waals surface area contributed by atoms with Crippen LogP contribution in [-0.2, 0) is 15.7 Å². The van der Waals surface area contributed by atoms with Gasteiger partial charge in [0.15, 0.2) is 0 Å². The van der Waals surface area contributed by atoms with Crippen molar-refractivity contribution in [3.8, 4) is 0 Å². The number of alkyl halides is 3. The first-order chi connectivity index (χ1) is 9.77. The monoisotopic (exact) mass is 306 g/mol. The van der Waals surface area contributed by atoms with Crippen LogP contribution in [-0.4, -0.2) is 30.7 Å². The highest BCUT2D eigenvalue weighted by molar-refractivity contribution is 5.79. The smallest absolute Gasteiger partial charge is 0.385 e. The molecule has 1 N–H and O–H groups in total. The van der Waals surface area contributed by atoms with Crippen LogP contribution in [0.3, 0.4) is 0 Å². The summed E-state index contributed by atoms with van der Waals surface area (Å²) in [6, 6.07) is 0.368. The molecule has 1 aromatic rings. The van der Waals surface area contributed by atoms with Crippen LogP contribution >= 0.6 is 0 Å². The molecule has 5 nitrogen and oxygen atoms in total. The van der Waals surface area contributed by atoms with Gasteiger partial charge in [0.25, 0.3) is 5.56 Å². The highest BCUT2D eigenvalue weighted by atomic mass is 19.4. The summed E-state index contributed by atoms with van der Waals surface area (Å²) in [6.07, 6.45) is -2.99. The third kappa shape index (κ3) is 4.89. The van der Waals surface area contributed by atoms with Crippen LogP contribution in [0, 0.1) is 0 Å². The van der Waals surface area contributed by atoms with E-state index in [9.17, 15) is 22.8 Å². The Bertz CT molecular complexity index is 540. The van der Waals surface area contributed by atoms with Gasteiger partial charge in [0, 0.05) is 32.5 Å². The molecule has 0 aliphatic heterocycles. The Hall–Kier alpha value is -1.83. The predicted molar refractivity (Wildman–Crippen MR) is 69.9 cm³/mol. The van der Waals surface area contributed by atoms with Crippen LogP contribution in [0.1, 0.15) is 24.9 Å². The van der Waals surface area contributed by atoms with Crippen molar-refractivity contribution in [1.29, 1.82) is 0 Å². The van der Waals surface area contributed by atoms with E-state index < -0.39 is 29.2 Å². The summed E-state index contributed by atoms with van der Waals surface area (Å²) in [7, 11) is 1.53. The second-order valence-corrected chi connectivity index (χ2v) is 4.47. The van der Waals surface area contributed by atoms with Crippen molar-refractivity contribution >= 4 is 5.91 Å². The molecule has 0 aromatic carbocycles. The molecule has 1 amide bonds. The zero-order valence-corrected chi connectivity index (χ0v) is 11.7. The van der Waals surface area contributed by atoms with Crippen molar-refractivity contribution < 1.29 is 22.7 Å². The summed E-state index contributed by atoms with van der Waals surface area (Å²) in [6.45, 7) is 2.29. The Morgan fingerprint density at radius 2 is 2.14 bits per heavy atom. The number of methoxy groups -OCH3 is 1. The topological polar surface area (TPSA) is 60.3 Å². The lowest BCUT2D eigenvalue weighted by molar-refractivity contribution is -0.137. The quantitative estimate of drug-likeness (QED) is 0.812. The number of ether oxygens (including phenoxy) is 1. The Labute approximate surface area is 119 Å². The van der Waals surface area contributed by atoms with E-state index in [0.717, 1.165) is 16.8 Å². The number of carbonyl (C=O) groups is 1. The normalized spacial score (nSPS) is 13.0. The molecule has 0 radical (unpaired) electrons. The summed E-state index contributed by atoms with van der Waals surface area (Å²) < 4.78 is 43.2.